The van der Waals surface area contributed by atoms with Crippen LogP contribution in [0.15, 0.2) is 35.4 Å². The van der Waals surface area contributed by atoms with Gasteiger partial charge in [0.25, 0.3) is 0 Å². The molecule has 0 radical (unpaired) electrons. The number of hydrogen-bond donors (Lipinski definition) is 1. The molecular weight excluding hydrogens is 412 g/mol. The molecular formula is C22H28N6O4. The predicted octanol–water partition coefficient (Wildman–Crippen LogP) is 2.03. The van der Waals surface area contributed by atoms with Gasteiger partial charge in [0, 0.05) is 31.5 Å². The Kier molecular flexibility index (Phi) is 6.02. The Morgan fingerprint density at radius 1 is 1.19 bits per heavy atom. The summed E-state index contributed by atoms with van der Waals surface area (Å²) in [4.78, 5) is 32.2. The summed E-state index contributed by atoms with van der Waals surface area (Å²) >= 11 is 0. The van der Waals surface area contributed by atoms with Gasteiger partial charge in [0.1, 0.15) is 18.0 Å². The van der Waals surface area contributed by atoms with Crippen molar-refractivity contribution < 1.29 is 14.3 Å². The third-order valence-electron chi connectivity index (χ3n) is 5.63. The van der Waals surface area contributed by atoms with Gasteiger partial charge in [-0.2, -0.15) is 0 Å². The summed E-state index contributed by atoms with van der Waals surface area (Å²) in [7, 11) is 3.06. The normalized spacial score (nSPS) is 18.6. The maximum atomic E-state index is 12.9. The molecule has 1 aliphatic heterocycles. The molecule has 0 unspecified atom stereocenters. The van der Waals surface area contributed by atoms with E-state index < -0.39 is 11.6 Å². The quantitative estimate of drug-likeness (QED) is 0.626. The first-order valence-electron chi connectivity index (χ1n) is 10.6. The maximum Gasteiger partial charge on any atom is 0.350 e. The summed E-state index contributed by atoms with van der Waals surface area (Å²) in [6.45, 7) is 5.91. The number of aromatic nitrogens is 4. The molecule has 0 bridgehead atoms. The van der Waals surface area contributed by atoms with Crippen molar-refractivity contribution in [2.45, 2.75) is 26.8 Å². The minimum absolute atomic E-state index is 0.234. The summed E-state index contributed by atoms with van der Waals surface area (Å²) in [6, 6.07) is 5.07. The molecule has 0 spiro atoms. The second-order valence-corrected chi connectivity index (χ2v) is 8.35. The molecule has 4 rings (SSSR count). The third-order valence-corrected chi connectivity index (χ3v) is 5.63. The molecule has 0 saturated carbocycles. The second kappa shape index (κ2) is 8.89. The highest BCUT2D eigenvalue weighted by Gasteiger charge is 2.26. The number of fused-ring (bicyclic) bond motifs is 1. The van der Waals surface area contributed by atoms with Gasteiger partial charge in [0.2, 0.25) is 11.6 Å². The van der Waals surface area contributed by atoms with Gasteiger partial charge in [-0.3, -0.25) is 4.79 Å². The number of hydrogen-bond acceptors (Lipinski definition) is 7. The first kappa shape index (κ1) is 21.7. The molecule has 1 amide bonds. The number of carbonyl (C=O) groups is 1. The molecule has 2 aromatic heterocycles. The van der Waals surface area contributed by atoms with E-state index in [1.165, 1.54) is 11.5 Å². The van der Waals surface area contributed by atoms with Gasteiger partial charge >= 0.3 is 5.69 Å². The van der Waals surface area contributed by atoms with E-state index in [1.54, 1.807) is 37.7 Å². The number of methoxy groups -OCH3 is 2. The molecule has 1 N–H and O–H groups in total. The number of nitrogens with one attached hydrogen (secondary N) is 1. The van der Waals surface area contributed by atoms with Gasteiger partial charge in [-0.25, -0.2) is 18.9 Å². The van der Waals surface area contributed by atoms with Crippen molar-refractivity contribution in [3.63, 3.8) is 0 Å². The van der Waals surface area contributed by atoms with Crippen molar-refractivity contribution in [1.82, 2.24) is 19.2 Å². The van der Waals surface area contributed by atoms with Crippen LogP contribution in [0.1, 0.15) is 20.3 Å². The largest absolute Gasteiger partial charge is 0.497 e. The number of nitrogens with zero attached hydrogens (tertiary/aromatic N) is 5. The number of rotatable bonds is 6. The molecule has 32 heavy (non-hydrogen) atoms. The third kappa shape index (κ3) is 4.25. The van der Waals surface area contributed by atoms with Crippen LogP contribution in [0, 0.1) is 11.8 Å². The molecule has 1 aromatic carbocycles. The molecule has 170 valence electrons. The molecule has 3 heterocycles. The lowest BCUT2D eigenvalue weighted by Gasteiger charge is -2.35. The highest BCUT2D eigenvalue weighted by atomic mass is 16.5. The van der Waals surface area contributed by atoms with E-state index in [0.717, 1.165) is 24.2 Å². The van der Waals surface area contributed by atoms with Crippen LogP contribution in [-0.2, 0) is 11.3 Å². The Bertz CT molecular complexity index is 1180. The average molecular weight is 441 g/mol. The number of piperidine rings is 1. The summed E-state index contributed by atoms with van der Waals surface area (Å²) in [6.07, 6.45) is 4.34. The van der Waals surface area contributed by atoms with Crippen LogP contribution in [0.5, 0.6) is 11.5 Å². The Balaban J connectivity index is 1.58. The molecule has 1 fully saturated rings. The Hall–Kier alpha value is -3.56. The molecule has 0 aliphatic carbocycles. The van der Waals surface area contributed by atoms with E-state index in [9.17, 15) is 9.59 Å². The minimum Gasteiger partial charge on any atom is -0.497 e. The van der Waals surface area contributed by atoms with Crippen LogP contribution >= 0.6 is 0 Å². The van der Waals surface area contributed by atoms with Crippen molar-refractivity contribution >= 4 is 23.1 Å². The van der Waals surface area contributed by atoms with Gasteiger partial charge in [-0.1, -0.05) is 13.8 Å². The van der Waals surface area contributed by atoms with Crippen LogP contribution < -0.4 is 25.4 Å². The zero-order valence-electron chi connectivity index (χ0n) is 18.7. The lowest BCUT2D eigenvalue weighted by molar-refractivity contribution is -0.117. The Morgan fingerprint density at radius 3 is 2.62 bits per heavy atom. The summed E-state index contributed by atoms with van der Waals surface area (Å²) < 4.78 is 13.1. The van der Waals surface area contributed by atoms with Gasteiger partial charge in [0.05, 0.1) is 19.9 Å². The van der Waals surface area contributed by atoms with Crippen molar-refractivity contribution in [2.24, 2.45) is 11.8 Å². The van der Waals surface area contributed by atoms with E-state index in [1.807, 2.05) is 0 Å². The van der Waals surface area contributed by atoms with E-state index in [4.69, 9.17) is 9.47 Å². The maximum absolute atomic E-state index is 12.9. The predicted molar refractivity (Wildman–Crippen MR) is 121 cm³/mol. The van der Waals surface area contributed by atoms with Gasteiger partial charge in [0.15, 0.2) is 5.82 Å². The van der Waals surface area contributed by atoms with Crippen molar-refractivity contribution in [2.75, 3.05) is 37.5 Å². The fourth-order valence-electron chi connectivity index (χ4n) is 4.32. The Labute approximate surface area is 185 Å². The van der Waals surface area contributed by atoms with Crippen LogP contribution in [0.25, 0.3) is 5.65 Å². The number of benzene rings is 1. The van der Waals surface area contributed by atoms with Gasteiger partial charge < -0.3 is 19.7 Å². The topological polar surface area (TPSA) is 103 Å². The number of amides is 1. The monoisotopic (exact) mass is 440 g/mol. The number of anilines is 2. The number of carbonyl (C=O) groups excluding carboxylic acids is 1. The zero-order chi connectivity index (χ0) is 22.8. The molecule has 1 aliphatic rings. The van der Waals surface area contributed by atoms with E-state index in [2.05, 4.69) is 34.1 Å². The number of ether oxygens (including phenoxy) is 2. The lowest BCUT2D eigenvalue weighted by Crippen LogP contribution is -2.39. The molecule has 10 nitrogen and oxygen atoms in total. The fourth-order valence-corrected chi connectivity index (χ4v) is 4.32. The minimum atomic E-state index is -0.395. The summed E-state index contributed by atoms with van der Waals surface area (Å²) in [5.41, 5.74) is 0.543. The fraction of sp³-hybridized carbons (Fsp3) is 0.455. The highest BCUT2D eigenvalue weighted by molar-refractivity contribution is 5.92. The summed E-state index contributed by atoms with van der Waals surface area (Å²) in [5, 5.41) is 7.21. The van der Waals surface area contributed by atoms with Crippen LogP contribution in [0.4, 0.5) is 11.5 Å². The van der Waals surface area contributed by atoms with Crippen LogP contribution in [0.3, 0.4) is 0 Å². The molecule has 1 saturated heterocycles. The smallest absolute Gasteiger partial charge is 0.350 e. The van der Waals surface area contributed by atoms with Crippen molar-refractivity contribution in [1.29, 1.82) is 0 Å². The summed E-state index contributed by atoms with van der Waals surface area (Å²) in [5.74, 6) is 2.39. The average Bonchev–Trinajstić information content (AvgIpc) is 3.08. The SMILES string of the molecule is COc1ccc(NC(=O)Cn2nc3c(N4C[C@@H](C)C[C@H](C)C4)nccn3c2=O)c(OC)c1. The Morgan fingerprint density at radius 2 is 1.94 bits per heavy atom. The van der Waals surface area contributed by atoms with Crippen LogP contribution in [0.2, 0.25) is 0 Å². The molecule has 10 heteroatoms. The lowest BCUT2D eigenvalue weighted by atomic mass is 9.92. The first-order valence-corrected chi connectivity index (χ1v) is 10.6. The van der Waals surface area contributed by atoms with E-state index in [-0.39, 0.29) is 6.54 Å². The second-order valence-electron chi connectivity index (χ2n) is 8.35. The first-order chi connectivity index (χ1) is 15.4. The van der Waals surface area contributed by atoms with Gasteiger partial charge in [-0.05, 0) is 30.4 Å². The van der Waals surface area contributed by atoms with Gasteiger partial charge in [-0.15, -0.1) is 5.10 Å². The molecule has 3 aromatic rings. The van der Waals surface area contributed by atoms with E-state index >= 15 is 0 Å². The van der Waals surface area contributed by atoms with Crippen molar-refractivity contribution in [3.8, 4) is 11.5 Å². The zero-order valence-corrected chi connectivity index (χ0v) is 18.7. The molecule has 2 atom stereocenters. The van der Waals surface area contributed by atoms with Crippen LogP contribution in [-0.4, -0.2) is 52.4 Å². The van der Waals surface area contributed by atoms with Crippen molar-refractivity contribution in [3.05, 3.63) is 41.1 Å². The highest BCUT2D eigenvalue weighted by Crippen LogP contribution is 2.29. The van der Waals surface area contributed by atoms with E-state index in [0.29, 0.717) is 40.5 Å². The standard InChI is InChI=1S/C22H28N6O4/c1-14-9-15(2)12-26(11-14)20-21-25-28(22(30)27(21)8-7-23-20)13-19(29)24-17-6-5-16(31-3)10-18(17)32-4/h5-8,10,14-15H,9,11-13H2,1-4H3,(H,24,29)/t14-,15-/m0/s1.